The molecule has 1 aromatic heterocycles. The van der Waals surface area contributed by atoms with E-state index in [2.05, 4.69) is 10.4 Å². The highest BCUT2D eigenvalue weighted by Gasteiger charge is 2.10. The SMILES string of the molecule is Cc1c(NCCCN)cnn1-c1ccccc1O. The van der Waals surface area contributed by atoms with Gasteiger partial charge in [-0.3, -0.25) is 0 Å². The fraction of sp³-hybridized carbons (Fsp3) is 0.308. The number of nitrogens with one attached hydrogen (secondary N) is 1. The first-order valence-corrected chi connectivity index (χ1v) is 6.01. The van der Waals surface area contributed by atoms with Gasteiger partial charge in [0.05, 0.1) is 17.6 Å². The van der Waals surface area contributed by atoms with Crippen LogP contribution in [0.15, 0.2) is 30.5 Å². The Morgan fingerprint density at radius 1 is 1.39 bits per heavy atom. The lowest BCUT2D eigenvalue weighted by molar-refractivity contribution is 0.470. The van der Waals surface area contributed by atoms with Gasteiger partial charge in [0.2, 0.25) is 0 Å². The van der Waals surface area contributed by atoms with E-state index in [1.165, 1.54) is 0 Å². The minimum atomic E-state index is 0.220. The van der Waals surface area contributed by atoms with Crippen molar-refractivity contribution in [2.75, 3.05) is 18.4 Å². The first-order valence-electron chi connectivity index (χ1n) is 6.01. The van der Waals surface area contributed by atoms with Gasteiger partial charge in [-0.25, -0.2) is 4.68 Å². The van der Waals surface area contributed by atoms with E-state index in [0.29, 0.717) is 12.2 Å². The molecule has 1 aromatic carbocycles. The number of rotatable bonds is 5. The van der Waals surface area contributed by atoms with E-state index in [9.17, 15) is 5.11 Å². The maximum Gasteiger partial charge on any atom is 0.141 e. The highest BCUT2D eigenvalue weighted by Crippen LogP contribution is 2.24. The van der Waals surface area contributed by atoms with Gasteiger partial charge < -0.3 is 16.2 Å². The molecule has 0 atom stereocenters. The van der Waals surface area contributed by atoms with Crippen molar-refractivity contribution in [2.45, 2.75) is 13.3 Å². The van der Waals surface area contributed by atoms with Crippen LogP contribution in [-0.2, 0) is 0 Å². The number of anilines is 1. The summed E-state index contributed by atoms with van der Waals surface area (Å²) >= 11 is 0. The van der Waals surface area contributed by atoms with Crippen LogP contribution in [0, 0.1) is 6.92 Å². The summed E-state index contributed by atoms with van der Waals surface area (Å²) in [4.78, 5) is 0. The number of para-hydroxylation sites is 2. The van der Waals surface area contributed by atoms with Gasteiger partial charge in [-0.1, -0.05) is 12.1 Å². The van der Waals surface area contributed by atoms with Gasteiger partial charge in [-0.05, 0) is 32.0 Å². The second kappa shape index (κ2) is 5.55. The van der Waals surface area contributed by atoms with Crippen LogP contribution in [0.3, 0.4) is 0 Å². The summed E-state index contributed by atoms with van der Waals surface area (Å²) in [6, 6.07) is 7.15. The molecular weight excluding hydrogens is 228 g/mol. The lowest BCUT2D eigenvalue weighted by atomic mass is 10.3. The third kappa shape index (κ3) is 2.46. The zero-order chi connectivity index (χ0) is 13.0. The number of hydrogen-bond donors (Lipinski definition) is 3. The molecule has 0 aliphatic heterocycles. The fourth-order valence-electron chi connectivity index (χ4n) is 1.79. The lowest BCUT2D eigenvalue weighted by Crippen LogP contribution is -2.09. The Hall–Kier alpha value is -2.01. The van der Waals surface area contributed by atoms with Crippen molar-refractivity contribution in [1.82, 2.24) is 9.78 Å². The third-order valence-electron chi connectivity index (χ3n) is 2.82. The van der Waals surface area contributed by atoms with E-state index in [1.54, 1.807) is 23.0 Å². The van der Waals surface area contributed by atoms with E-state index >= 15 is 0 Å². The van der Waals surface area contributed by atoms with Crippen molar-refractivity contribution in [2.24, 2.45) is 5.73 Å². The average molecular weight is 246 g/mol. The van der Waals surface area contributed by atoms with E-state index in [1.807, 2.05) is 19.1 Å². The Morgan fingerprint density at radius 3 is 2.89 bits per heavy atom. The molecule has 4 N–H and O–H groups in total. The largest absolute Gasteiger partial charge is 0.506 e. The monoisotopic (exact) mass is 246 g/mol. The number of nitrogens with zero attached hydrogens (tertiary/aromatic N) is 2. The standard InChI is InChI=1S/C13H18N4O/c1-10-11(15-8-4-7-14)9-16-17(10)12-5-2-3-6-13(12)18/h2-3,5-6,9,15,18H,4,7-8,14H2,1H3. The molecule has 0 saturated carbocycles. The molecule has 0 amide bonds. The Morgan fingerprint density at radius 2 is 2.17 bits per heavy atom. The number of phenols is 1. The molecule has 0 saturated heterocycles. The van der Waals surface area contributed by atoms with Gasteiger partial charge >= 0.3 is 0 Å². The quantitative estimate of drug-likeness (QED) is 0.701. The summed E-state index contributed by atoms with van der Waals surface area (Å²) in [5.74, 6) is 0.220. The normalized spacial score (nSPS) is 10.6. The van der Waals surface area contributed by atoms with Crippen molar-refractivity contribution in [3.05, 3.63) is 36.2 Å². The predicted octanol–water partition coefficient (Wildman–Crippen LogP) is 1.65. The molecule has 2 aromatic rings. The summed E-state index contributed by atoms with van der Waals surface area (Å²) in [5, 5.41) is 17.4. The van der Waals surface area contributed by atoms with Crippen molar-refractivity contribution in [1.29, 1.82) is 0 Å². The van der Waals surface area contributed by atoms with Crippen LogP contribution in [0.25, 0.3) is 5.69 Å². The highest BCUT2D eigenvalue weighted by atomic mass is 16.3. The first-order chi connectivity index (χ1) is 8.74. The molecule has 18 heavy (non-hydrogen) atoms. The number of phenolic OH excluding ortho intramolecular Hbond substituents is 1. The van der Waals surface area contributed by atoms with Crippen LogP contribution in [0.1, 0.15) is 12.1 Å². The van der Waals surface area contributed by atoms with Gasteiger partial charge in [0.15, 0.2) is 0 Å². The Labute approximate surface area is 106 Å². The van der Waals surface area contributed by atoms with Crippen molar-refractivity contribution < 1.29 is 5.11 Å². The Bertz CT molecular complexity index is 521. The van der Waals surface area contributed by atoms with Crippen LogP contribution < -0.4 is 11.1 Å². The summed E-state index contributed by atoms with van der Waals surface area (Å²) in [6.45, 7) is 3.45. The third-order valence-corrected chi connectivity index (χ3v) is 2.82. The molecular formula is C13H18N4O. The molecule has 0 unspecified atom stereocenters. The van der Waals surface area contributed by atoms with Crippen molar-refractivity contribution >= 4 is 5.69 Å². The summed E-state index contributed by atoms with van der Waals surface area (Å²) in [6.07, 6.45) is 2.68. The molecule has 96 valence electrons. The number of nitrogens with two attached hydrogens (primary N) is 1. The maximum absolute atomic E-state index is 9.81. The van der Waals surface area contributed by atoms with Gasteiger partial charge in [-0.15, -0.1) is 0 Å². The van der Waals surface area contributed by atoms with Crippen LogP contribution >= 0.6 is 0 Å². The van der Waals surface area contributed by atoms with Crippen LogP contribution in [0.2, 0.25) is 0 Å². The summed E-state index contributed by atoms with van der Waals surface area (Å²) < 4.78 is 1.72. The second-order valence-electron chi connectivity index (χ2n) is 4.11. The van der Waals surface area contributed by atoms with Gasteiger partial charge in [0.25, 0.3) is 0 Å². The zero-order valence-corrected chi connectivity index (χ0v) is 10.4. The smallest absolute Gasteiger partial charge is 0.141 e. The zero-order valence-electron chi connectivity index (χ0n) is 10.4. The van der Waals surface area contributed by atoms with Crippen molar-refractivity contribution in [3.8, 4) is 11.4 Å². The van der Waals surface area contributed by atoms with Gasteiger partial charge in [-0.2, -0.15) is 5.10 Å². The van der Waals surface area contributed by atoms with E-state index < -0.39 is 0 Å². The van der Waals surface area contributed by atoms with E-state index in [-0.39, 0.29) is 5.75 Å². The average Bonchev–Trinajstić information content (AvgIpc) is 2.72. The Balaban J connectivity index is 2.23. The van der Waals surface area contributed by atoms with Crippen LogP contribution in [0.5, 0.6) is 5.75 Å². The minimum Gasteiger partial charge on any atom is -0.506 e. The van der Waals surface area contributed by atoms with E-state index in [4.69, 9.17) is 5.73 Å². The molecule has 0 aliphatic carbocycles. The molecule has 2 rings (SSSR count). The number of aromatic nitrogens is 2. The van der Waals surface area contributed by atoms with Crippen LogP contribution in [0.4, 0.5) is 5.69 Å². The second-order valence-corrected chi connectivity index (χ2v) is 4.11. The van der Waals surface area contributed by atoms with Crippen LogP contribution in [-0.4, -0.2) is 28.0 Å². The molecule has 1 heterocycles. The van der Waals surface area contributed by atoms with Gasteiger partial charge in [0, 0.05) is 6.54 Å². The molecule has 0 aliphatic rings. The molecule has 5 nitrogen and oxygen atoms in total. The molecule has 5 heteroatoms. The molecule has 0 fully saturated rings. The highest BCUT2D eigenvalue weighted by molar-refractivity contribution is 5.53. The number of benzene rings is 1. The first kappa shape index (κ1) is 12.4. The van der Waals surface area contributed by atoms with Gasteiger partial charge in [0.1, 0.15) is 11.4 Å². The number of hydrogen-bond acceptors (Lipinski definition) is 4. The molecule has 0 bridgehead atoms. The van der Waals surface area contributed by atoms with Crippen molar-refractivity contribution in [3.63, 3.8) is 0 Å². The lowest BCUT2D eigenvalue weighted by Gasteiger charge is -2.08. The predicted molar refractivity (Wildman–Crippen MR) is 72.1 cm³/mol. The Kier molecular flexibility index (Phi) is 3.84. The maximum atomic E-state index is 9.81. The summed E-state index contributed by atoms with van der Waals surface area (Å²) in [7, 11) is 0. The fourth-order valence-corrected chi connectivity index (χ4v) is 1.79. The number of aromatic hydroxyl groups is 1. The topological polar surface area (TPSA) is 76.1 Å². The minimum absolute atomic E-state index is 0.220. The summed E-state index contributed by atoms with van der Waals surface area (Å²) in [5.41, 5.74) is 8.07. The van der Waals surface area contributed by atoms with E-state index in [0.717, 1.165) is 24.3 Å². The molecule has 0 spiro atoms. The molecule has 0 radical (unpaired) electrons.